The molecule has 1 aromatic carbocycles. The van der Waals surface area contributed by atoms with Gasteiger partial charge in [0, 0.05) is 24.5 Å². The number of rotatable bonds is 8. The number of unbranched alkanes of at least 4 members (excludes halogenated alkanes) is 3. The van der Waals surface area contributed by atoms with Gasteiger partial charge >= 0.3 is 0 Å². The highest BCUT2D eigenvalue weighted by atomic mass is 35.5. The number of carbonyl (C=O) groups excluding carboxylic acids is 1. The zero-order chi connectivity index (χ0) is 15.8. The Hall–Kier alpha value is -1.56. The third-order valence-corrected chi connectivity index (χ3v) is 3.64. The van der Waals surface area contributed by atoms with Crippen molar-refractivity contribution in [2.24, 2.45) is 5.73 Å². The summed E-state index contributed by atoms with van der Waals surface area (Å²) in [6.45, 7) is 0.716. The molecule has 2 aromatic rings. The first-order valence-corrected chi connectivity index (χ1v) is 7.88. The molecule has 0 spiro atoms. The number of nitrogens with zero attached hydrogens (tertiary/aromatic N) is 2. The van der Waals surface area contributed by atoms with Crippen molar-refractivity contribution in [2.75, 3.05) is 11.9 Å². The van der Waals surface area contributed by atoms with E-state index in [2.05, 4.69) is 10.4 Å². The number of nitrogens with two attached hydrogens (primary N) is 1. The fraction of sp³-hybridized carbons (Fsp3) is 0.375. The second-order valence-electron chi connectivity index (χ2n) is 5.12. The topological polar surface area (TPSA) is 72.9 Å². The Morgan fingerprint density at radius 1 is 1.26 bits per heavy atom. The van der Waals surface area contributed by atoms with E-state index in [0.29, 0.717) is 23.7 Å². The lowest BCUT2D eigenvalue weighted by Crippen LogP contribution is -2.11. The van der Waals surface area contributed by atoms with Crippen molar-refractivity contribution < 1.29 is 4.79 Å². The van der Waals surface area contributed by atoms with E-state index in [9.17, 15) is 4.79 Å². The van der Waals surface area contributed by atoms with Crippen LogP contribution in [0.2, 0.25) is 5.02 Å². The third-order valence-electron chi connectivity index (χ3n) is 3.34. The van der Waals surface area contributed by atoms with Gasteiger partial charge in [-0.05, 0) is 43.7 Å². The average molecular weight is 357 g/mol. The van der Waals surface area contributed by atoms with Gasteiger partial charge in [-0.1, -0.05) is 24.4 Å². The predicted molar refractivity (Wildman–Crippen MR) is 96.6 cm³/mol. The Morgan fingerprint density at radius 2 is 2.04 bits per heavy atom. The lowest BCUT2D eigenvalue weighted by Gasteiger charge is -2.09. The number of hydrogen-bond acceptors (Lipinski definition) is 3. The third kappa shape index (κ3) is 6.22. The zero-order valence-corrected chi connectivity index (χ0v) is 14.4. The molecule has 23 heavy (non-hydrogen) atoms. The van der Waals surface area contributed by atoms with Crippen molar-refractivity contribution in [1.82, 2.24) is 9.78 Å². The SMILES string of the molecule is Cl.NCCCCCCC(=O)Nc1ccc(-n2cccn2)c(Cl)c1. The number of amides is 1. The van der Waals surface area contributed by atoms with Gasteiger partial charge in [0.05, 0.1) is 10.7 Å². The molecule has 0 aliphatic heterocycles. The number of aromatic nitrogens is 2. The molecule has 0 aliphatic carbocycles. The van der Waals surface area contributed by atoms with Gasteiger partial charge in [0.1, 0.15) is 0 Å². The molecule has 3 N–H and O–H groups in total. The van der Waals surface area contributed by atoms with Gasteiger partial charge in [-0.2, -0.15) is 5.10 Å². The maximum absolute atomic E-state index is 11.9. The van der Waals surface area contributed by atoms with E-state index in [4.69, 9.17) is 17.3 Å². The second-order valence-corrected chi connectivity index (χ2v) is 5.53. The lowest BCUT2D eigenvalue weighted by molar-refractivity contribution is -0.116. The molecule has 0 saturated carbocycles. The van der Waals surface area contributed by atoms with E-state index < -0.39 is 0 Å². The molecular weight excluding hydrogens is 335 g/mol. The molecule has 1 amide bonds. The molecule has 0 aliphatic rings. The fourth-order valence-electron chi connectivity index (χ4n) is 2.19. The van der Waals surface area contributed by atoms with Crippen molar-refractivity contribution >= 4 is 35.6 Å². The number of nitrogens with one attached hydrogen (secondary N) is 1. The van der Waals surface area contributed by atoms with Crippen LogP contribution in [0.25, 0.3) is 5.69 Å². The number of anilines is 1. The van der Waals surface area contributed by atoms with Crippen LogP contribution < -0.4 is 11.1 Å². The van der Waals surface area contributed by atoms with Crippen molar-refractivity contribution in [3.05, 3.63) is 41.7 Å². The first kappa shape index (κ1) is 19.5. The van der Waals surface area contributed by atoms with E-state index in [1.165, 1.54) is 0 Å². The lowest BCUT2D eigenvalue weighted by atomic mass is 10.1. The van der Waals surface area contributed by atoms with Gasteiger partial charge in [-0.3, -0.25) is 4.79 Å². The van der Waals surface area contributed by atoms with Crippen molar-refractivity contribution in [3.8, 4) is 5.69 Å². The van der Waals surface area contributed by atoms with Crippen LogP contribution in [-0.4, -0.2) is 22.2 Å². The minimum Gasteiger partial charge on any atom is -0.330 e. The first-order chi connectivity index (χ1) is 10.7. The molecule has 0 saturated heterocycles. The maximum Gasteiger partial charge on any atom is 0.224 e. The quantitative estimate of drug-likeness (QED) is 0.706. The summed E-state index contributed by atoms with van der Waals surface area (Å²) in [6.07, 6.45) is 8.04. The number of hydrogen-bond donors (Lipinski definition) is 2. The van der Waals surface area contributed by atoms with Crippen LogP contribution in [0.15, 0.2) is 36.7 Å². The van der Waals surface area contributed by atoms with Crippen LogP contribution in [-0.2, 0) is 4.79 Å². The van der Waals surface area contributed by atoms with Crippen LogP contribution in [0, 0.1) is 0 Å². The fourth-order valence-corrected chi connectivity index (χ4v) is 2.46. The summed E-state index contributed by atoms with van der Waals surface area (Å²) in [5, 5.41) is 7.55. The number of benzene rings is 1. The molecule has 1 heterocycles. The molecule has 7 heteroatoms. The van der Waals surface area contributed by atoms with Gasteiger partial charge in [0.15, 0.2) is 0 Å². The van der Waals surface area contributed by atoms with Gasteiger partial charge < -0.3 is 11.1 Å². The smallest absolute Gasteiger partial charge is 0.224 e. The highest BCUT2D eigenvalue weighted by molar-refractivity contribution is 6.32. The summed E-state index contributed by atoms with van der Waals surface area (Å²) < 4.78 is 1.69. The average Bonchev–Trinajstić information content (AvgIpc) is 3.01. The van der Waals surface area contributed by atoms with Gasteiger partial charge in [0.25, 0.3) is 0 Å². The molecule has 0 radical (unpaired) electrons. The van der Waals surface area contributed by atoms with Crippen LogP contribution in [0.5, 0.6) is 0 Å². The molecule has 2 rings (SSSR count). The molecule has 0 bridgehead atoms. The number of carbonyl (C=O) groups is 1. The first-order valence-electron chi connectivity index (χ1n) is 7.50. The predicted octanol–water partition coefficient (Wildman–Crippen LogP) is 3.80. The highest BCUT2D eigenvalue weighted by Crippen LogP contribution is 2.24. The summed E-state index contributed by atoms with van der Waals surface area (Å²) >= 11 is 6.24. The summed E-state index contributed by atoms with van der Waals surface area (Å²) in [7, 11) is 0. The Bertz CT molecular complexity index is 602. The van der Waals surface area contributed by atoms with Gasteiger partial charge in [-0.25, -0.2) is 4.68 Å². The van der Waals surface area contributed by atoms with Crippen LogP contribution in [0.4, 0.5) is 5.69 Å². The van der Waals surface area contributed by atoms with E-state index >= 15 is 0 Å². The molecule has 5 nitrogen and oxygen atoms in total. The molecule has 0 unspecified atom stereocenters. The Balaban J connectivity index is 0.00000264. The molecule has 0 atom stereocenters. The van der Waals surface area contributed by atoms with Crippen LogP contribution in [0.1, 0.15) is 32.1 Å². The minimum absolute atomic E-state index is 0. The van der Waals surface area contributed by atoms with E-state index in [1.54, 1.807) is 16.9 Å². The van der Waals surface area contributed by atoms with Crippen LogP contribution in [0.3, 0.4) is 0 Å². The number of halogens is 2. The van der Waals surface area contributed by atoms with Crippen molar-refractivity contribution in [3.63, 3.8) is 0 Å². The molecular formula is C16H22Cl2N4O. The minimum atomic E-state index is 0. The Kier molecular flexibility index (Phi) is 8.69. The zero-order valence-electron chi connectivity index (χ0n) is 12.9. The summed E-state index contributed by atoms with van der Waals surface area (Å²) in [5.74, 6) is 0.00987. The Labute approximate surface area is 147 Å². The maximum atomic E-state index is 11.9. The van der Waals surface area contributed by atoms with E-state index in [0.717, 1.165) is 31.4 Å². The van der Waals surface area contributed by atoms with E-state index in [-0.39, 0.29) is 18.3 Å². The summed E-state index contributed by atoms with van der Waals surface area (Å²) in [5.41, 5.74) is 6.92. The second kappa shape index (κ2) is 10.3. The van der Waals surface area contributed by atoms with Crippen LogP contribution >= 0.6 is 24.0 Å². The van der Waals surface area contributed by atoms with Crippen molar-refractivity contribution in [1.29, 1.82) is 0 Å². The Morgan fingerprint density at radius 3 is 2.70 bits per heavy atom. The standard InChI is InChI=1S/C16H21ClN4O.ClH/c17-14-12-13(7-8-15(14)21-11-5-10-19-21)20-16(22)6-3-1-2-4-9-18;/h5,7-8,10-12H,1-4,6,9,18H2,(H,20,22);1H. The normalized spacial score (nSPS) is 10.2. The summed E-state index contributed by atoms with van der Waals surface area (Å²) in [6, 6.07) is 7.24. The monoisotopic (exact) mass is 356 g/mol. The molecule has 1 aromatic heterocycles. The van der Waals surface area contributed by atoms with E-state index in [1.807, 2.05) is 24.4 Å². The highest BCUT2D eigenvalue weighted by Gasteiger charge is 2.07. The summed E-state index contributed by atoms with van der Waals surface area (Å²) in [4.78, 5) is 11.9. The van der Waals surface area contributed by atoms with Gasteiger partial charge in [-0.15, -0.1) is 12.4 Å². The largest absolute Gasteiger partial charge is 0.330 e. The molecule has 126 valence electrons. The van der Waals surface area contributed by atoms with Crippen molar-refractivity contribution in [2.45, 2.75) is 32.1 Å². The molecule has 0 fully saturated rings. The van der Waals surface area contributed by atoms with Gasteiger partial charge in [0.2, 0.25) is 5.91 Å².